The minimum Gasteiger partial charge on any atom is -0.325 e. The van der Waals surface area contributed by atoms with Crippen LogP contribution in [0.3, 0.4) is 0 Å². The SMILES string of the molecule is Cc1ccccc1NC(=O)C(Sc1ccc(NC(=O)/C(=C/c2ccc(Cl)cc2)NC(=O)c2ccccc2)cc1)c1ccccc1. The predicted octanol–water partition coefficient (Wildman–Crippen LogP) is 8.53. The van der Waals surface area contributed by atoms with Crippen LogP contribution in [0.5, 0.6) is 0 Å². The lowest BCUT2D eigenvalue weighted by Crippen LogP contribution is -2.30. The van der Waals surface area contributed by atoms with Gasteiger partial charge in [-0.2, -0.15) is 0 Å². The summed E-state index contributed by atoms with van der Waals surface area (Å²) in [7, 11) is 0. The number of hydrogen-bond donors (Lipinski definition) is 3. The molecule has 0 saturated carbocycles. The summed E-state index contributed by atoms with van der Waals surface area (Å²) in [5.41, 5.74) is 4.34. The monoisotopic (exact) mass is 631 g/mol. The first-order chi connectivity index (χ1) is 21.9. The summed E-state index contributed by atoms with van der Waals surface area (Å²) in [5.74, 6) is -1.04. The normalized spacial score (nSPS) is 11.7. The van der Waals surface area contributed by atoms with Gasteiger partial charge in [0, 0.05) is 26.9 Å². The number of benzene rings is 5. The van der Waals surface area contributed by atoms with Gasteiger partial charge < -0.3 is 16.0 Å². The predicted molar refractivity (Wildman–Crippen MR) is 183 cm³/mol. The number of nitrogens with one attached hydrogen (secondary N) is 3. The number of para-hydroxylation sites is 1. The van der Waals surface area contributed by atoms with Crippen LogP contribution < -0.4 is 16.0 Å². The van der Waals surface area contributed by atoms with E-state index in [1.165, 1.54) is 11.8 Å². The van der Waals surface area contributed by atoms with Gasteiger partial charge in [-0.25, -0.2) is 0 Å². The Morgan fingerprint density at radius 1 is 0.711 bits per heavy atom. The van der Waals surface area contributed by atoms with E-state index in [1.54, 1.807) is 66.7 Å². The minimum absolute atomic E-state index is 0.0710. The molecule has 1 atom stereocenters. The number of rotatable bonds is 10. The molecule has 5 aromatic carbocycles. The number of amides is 3. The first-order valence-corrected chi connectivity index (χ1v) is 15.4. The average molecular weight is 632 g/mol. The molecule has 45 heavy (non-hydrogen) atoms. The fraction of sp³-hybridized carbons (Fsp3) is 0.0541. The second-order valence-electron chi connectivity index (χ2n) is 10.1. The molecule has 0 aromatic heterocycles. The zero-order valence-corrected chi connectivity index (χ0v) is 25.9. The first kappa shape index (κ1) is 31.3. The van der Waals surface area contributed by atoms with E-state index in [-0.39, 0.29) is 11.6 Å². The maximum absolute atomic E-state index is 13.5. The molecule has 6 nitrogen and oxygen atoms in total. The highest BCUT2D eigenvalue weighted by atomic mass is 35.5. The van der Waals surface area contributed by atoms with E-state index in [0.717, 1.165) is 21.7 Å². The van der Waals surface area contributed by atoms with Gasteiger partial charge >= 0.3 is 0 Å². The largest absolute Gasteiger partial charge is 0.325 e. The van der Waals surface area contributed by atoms with Gasteiger partial charge in [-0.3, -0.25) is 14.4 Å². The molecule has 224 valence electrons. The number of aryl methyl sites for hydroxylation is 1. The summed E-state index contributed by atoms with van der Waals surface area (Å²) in [5, 5.41) is 8.72. The molecule has 5 rings (SSSR count). The van der Waals surface area contributed by atoms with Crippen LogP contribution in [0.25, 0.3) is 6.08 Å². The molecule has 0 spiro atoms. The van der Waals surface area contributed by atoms with Crippen molar-refractivity contribution in [3.8, 4) is 0 Å². The van der Waals surface area contributed by atoms with Crippen molar-refractivity contribution in [2.75, 3.05) is 10.6 Å². The zero-order chi connectivity index (χ0) is 31.6. The van der Waals surface area contributed by atoms with Gasteiger partial charge in [0.2, 0.25) is 5.91 Å². The van der Waals surface area contributed by atoms with Crippen molar-refractivity contribution >= 4 is 58.5 Å². The average Bonchev–Trinajstić information content (AvgIpc) is 3.06. The molecule has 8 heteroatoms. The van der Waals surface area contributed by atoms with Crippen LogP contribution in [-0.2, 0) is 9.59 Å². The van der Waals surface area contributed by atoms with Crippen molar-refractivity contribution in [2.45, 2.75) is 17.1 Å². The van der Waals surface area contributed by atoms with E-state index >= 15 is 0 Å². The quantitative estimate of drug-likeness (QED) is 0.106. The fourth-order valence-electron chi connectivity index (χ4n) is 4.43. The Balaban J connectivity index is 1.32. The summed E-state index contributed by atoms with van der Waals surface area (Å²) in [6.45, 7) is 1.95. The molecule has 0 bridgehead atoms. The number of halogens is 1. The molecule has 0 aliphatic heterocycles. The first-order valence-electron chi connectivity index (χ1n) is 14.2. The molecule has 3 N–H and O–H groups in total. The van der Waals surface area contributed by atoms with Crippen LogP contribution in [0.4, 0.5) is 11.4 Å². The molecule has 3 amide bonds. The summed E-state index contributed by atoms with van der Waals surface area (Å²) in [6, 6.07) is 40.1. The number of thioether (sulfide) groups is 1. The second kappa shape index (κ2) is 15.1. The van der Waals surface area contributed by atoms with E-state index in [0.29, 0.717) is 21.8 Å². The lowest BCUT2D eigenvalue weighted by Gasteiger charge is -2.18. The number of hydrogen-bond acceptors (Lipinski definition) is 4. The summed E-state index contributed by atoms with van der Waals surface area (Å²) < 4.78 is 0. The number of carbonyl (C=O) groups excluding carboxylic acids is 3. The smallest absolute Gasteiger partial charge is 0.272 e. The number of anilines is 2. The third-order valence-electron chi connectivity index (χ3n) is 6.82. The topological polar surface area (TPSA) is 87.3 Å². The van der Waals surface area contributed by atoms with Gasteiger partial charge in [-0.15, -0.1) is 11.8 Å². The molecule has 0 radical (unpaired) electrons. The third-order valence-corrected chi connectivity index (χ3v) is 8.34. The van der Waals surface area contributed by atoms with Crippen molar-refractivity contribution in [1.29, 1.82) is 0 Å². The van der Waals surface area contributed by atoms with Crippen LogP contribution in [-0.4, -0.2) is 17.7 Å². The lowest BCUT2D eigenvalue weighted by molar-refractivity contribution is -0.116. The summed E-state index contributed by atoms with van der Waals surface area (Å²) in [4.78, 5) is 40.7. The zero-order valence-electron chi connectivity index (χ0n) is 24.4. The Hall–Kier alpha value is -5.11. The molecule has 5 aromatic rings. The van der Waals surface area contributed by atoms with Crippen LogP contribution in [0.15, 0.2) is 144 Å². The van der Waals surface area contributed by atoms with E-state index in [1.807, 2.05) is 79.7 Å². The maximum atomic E-state index is 13.5. The Kier molecular flexibility index (Phi) is 10.5. The van der Waals surface area contributed by atoms with E-state index in [9.17, 15) is 14.4 Å². The van der Waals surface area contributed by atoms with Gasteiger partial charge in [-0.1, -0.05) is 90.5 Å². The molecule has 0 fully saturated rings. The van der Waals surface area contributed by atoms with E-state index in [2.05, 4.69) is 16.0 Å². The Bertz CT molecular complexity index is 1810. The fourth-order valence-corrected chi connectivity index (χ4v) is 5.58. The van der Waals surface area contributed by atoms with Crippen LogP contribution in [0.2, 0.25) is 5.02 Å². The standard InChI is InChI=1S/C37H30ClN3O3S/c1-25-10-8-9-15-32(25)40-37(44)34(27-11-4-2-5-12-27)45-31-22-20-30(21-23-31)39-36(43)33(24-26-16-18-29(38)19-17-26)41-35(42)28-13-6-3-7-14-28/h2-24,34H,1H3,(H,39,43)(H,40,44)(H,41,42)/b33-24-. The van der Waals surface area contributed by atoms with E-state index < -0.39 is 17.1 Å². The Labute approximate surface area is 271 Å². The van der Waals surface area contributed by atoms with Crippen molar-refractivity contribution in [2.24, 2.45) is 0 Å². The number of carbonyl (C=O) groups is 3. The minimum atomic E-state index is -0.506. The Morgan fingerprint density at radius 3 is 2.00 bits per heavy atom. The van der Waals surface area contributed by atoms with Gasteiger partial charge in [0.15, 0.2) is 0 Å². The van der Waals surface area contributed by atoms with Gasteiger partial charge in [0.25, 0.3) is 11.8 Å². The Morgan fingerprint density at radius 2 is 1.33 bits per heavy atom. The molecule has 0 heterocycles. The van der Waals surface area contributed by atoms with Crippen LogP contribution in [0.1, 0.15) is 32.3 Å². The molecular formula is C37H30ClN3O3S. The summed E-state index contributed by atoms with van der Waals surface area (Å²) >= 11 is 7.44. The molecule has 0 aliphatic rings. The molecule has 1 unspecified atom stereocenters. The van der Waals surface area contributed by atoms with Crippen LogP contribution in [0, 0.1) is 6.92 Å². The van der Waals surface area contributed by atoms with Crippen molar-refractivity contribution in [3.05, 3.63) is 166 Å². The second-order valence-corrected chi connectivity index (χ2v) is 11.7. The van der Waals surface area contributed by atoms with Crippen molar-refractivity contribution < 1.29 is 14.4 Å². The molecule has 0 aliphatic carbocycles. The van der Waals surface area contributed by atoms with Crippen molar-refractivity contribution in [1.82, 2.24) is 5.32 Å². The molecular weight excluding hydrogens is 602 g/mol. The van der Waals surface area contributed by atoms with Gasteiger partial charge in [-0.05, 0) is 84.3 Å². The highest BCUT2D eigenvalue weighted by Gasteiger charge is 2.23. The highest BCUT2D eigenvalue weighted by molar-refractivity contribution is 8.00. The lowest BCUT2D eigenvalue weighted by atomic mass is 10.1. The van der Waals surface area contributed by atoms with Gasteiger partial charge in [0.1, 0.15) is 10.9 Å². The van der Waals surface area contributed by atoms with E-state index in [4.69, 9.17) is 11.6 Å². The highest BCUT2D eigenvalue weighted by Crippen LogP contribution is 2.37. The third kappa shape index (κ3) is 8.72. The summed E-state index contributed by atoms with van der Waals surface area (Å²) in [6.07, 6.45) is 1.59. The van der Waals surface area contributed by atoms with Gasteiger partial charge in [0.05, 0.1) is 0 Å². The van der Waals surface area contributed by atoms with Crippen LogP contribution >= 0.6 is 23.4 Å². The maximum Gasteiger partial charge on any atom is 0.272 e. The van der Waals surface area contributed by atoms with Crippen molar-refractivity contribution in [3.63, 3.8) is 0 Å². The molecule has 0 saturated heterocycles.